The number of unbranched alkanes of at least 4 members (excludes halogenated alkanes) is 32. The lowest BCUT2D eigenvalue weighted by Gasteiger charge is -2.46. The van der Waals surface area contributed by atoms with Crippen LogP contribution >= 0.6 is 0 Å². The maximum Gasteiger partial charge on any atom is 0.220 e. The van der Waals surface area contributed by atoms with Crippen LogP contribution in [0, 0.1) is 0 Å². The molecule has 0 radical (unpaired) electrons. The Hall–Kier alpha value is -3.61. The third-order valence-corrected chi connectivity index (χ3v) is 18.7. The zero-order valence-electron chi connectivity index (χ0n) is 61.7. The minimum absolute atomic E-state index is 0.216. The second-order valence-corrected chi connectivity index (χ2v) is 27.5. The molecule has 2 heterocycles. The summed E-state index contributed by atoms with van der Waals surface area (Å²) in [6.45, 7) is 2.77. The van der Waals surface area contributed by atoms with Gasteiger partial charge in [-0.15, -0.1) is 0 Å². The summed E-state index contributed by atoms with van der Waals surface area (Å²) < 4.78 is 23.0. The van der Waals surface area contributed by atoms with Gasteiger partial charge in [-0.2, -0.15) is 0 Å². The van der Waals surface area contributed by atoms with Gasteiger partial charge < -0.3 is 65.1 Å². The fourth-order valence-corrected chi connectivity index (χ4v) is 12.4. The van der Waals surface area contributed by atoms with E-state index in [0.717, 1.165) is 122 Å². The molecule has 0 spiro atoms. The van der Waals surface area contributed by atoms with Crippen molar-refractivity contribution in [2.75, 3.05) is 19.8 Å². The monoisotopic (exact) mass is 1380 g/mol. The predicted molar refractivity (Wildman–Crippen MR) is 405 cm³/mol. The van der Waals surface area contributed by atoms with Gasteiger partial charge in [0.25, 0.3) is 0 Å². The summed E-state index contributed by atoms with van der Waals surface area (Å²) >= 11 is 0. The van der Waals surface area contributed by atoms with E-state index in [1.165, 1.54) is 154 Å². The Balaban J connectivity index is 1.63. The number of aliphatic hydroxyl groups excluding tert-OH is 8. The fourth-order valence-electron chi connectivity index (χ4n) is 12.4. The van der Waals surface area contributed by atoms with Crippen LogP contribution < -0.4 is 5.32 Å². The number of amides is 1. The fraction of sp³-hybridized carbons (Fsp3) is 0.750. The molecule has 0 aromatic heterocycles. The molecule has 2 rings (SSSR count). The predicted octanol–water partition coefficient (Wildman–Crippen LogP) is 18.0. The minimum atomic E-state index is -1.79. The molecular formula is C84H145NO13. The van der Waals surface area contributed by atoms with Crippen molar-refractivity contribution >= 4 is 5.91 Å². The van der Waals surface area contributed by atoms with E-state index in [0.29, 0.717) is 12.8 Å². The maximum absolute atomic E-state index is 13.4. The number of hydrogen-bond acceptors (Lipinski definition) is 13. The molecule has 0 aromatic rings. The standard InChI is InChI=1S/C84H145NO13/c1-3-5-7-9-11-13-15-17-19-21-23-25-27-29-30-31-32-33-34-35-36-37-38-39-40-41-42-44-46-48-50-52-54-56-58-60-62-64-66-68-76(89)85-72(71-95-83-81(94)79(92)82(75(70-87)97-83)98-84-80(93)78(91)77(90)74(69-86)96-84)73(88)67-65-63-61-59-57-55-53-51-49-47-45-43-28-26-24-22-20-18-16-14-12-10-8-6-4-2/h5,7,11,13,17,19,23,25,29-30,32-33,35-36,38-39,41-42,46,48,72-75,77-84,86-88,90-94H,3-4,6,8-10,12,14-16,18,20-22,24,26-28,31,34,37,40,43-45,47,49-71H2,1-2H3,(H,85,89)/b7-5-,13-11-,19-17-,25-23-,30-29-,33-32-,36-35-,39-38-,42-41-,48-46-. The van der Waals surface area contributed by atoms with Gasteiger partial charge in [-0.25, -0.2) is 0 Å². The van der Waals surface area contributed by atoms with Crippen molar-refractivity contribution in [2.24, 2.45) is 0 Å². The van der Waals surface area contributed by atoms with Crippen molar-refractivity contribution in [1.82, 2.24) is 5.32 Å². The highest BCUT2D eigenvalue weighted by Crippen LogP contribution is 2.30. The van der Waals surface area contributed by atoms with E-state index in [-0.39, 0.29) is 18.9 Å². The molecule has 0 bridgehead atoms. The molecule has 1 amide bonds. The van der Waals surface area contributed by atoms with Crippen LogP contribution in [0.4, 0.5) is 0 Å². The molecule has 12 atom stereocenters. The first-order valence-electron chi connectivity index (χ1n) is 39.8. The summed E-state index contributed by atoms with van der Waals surface area (Å²) in [4.78, 5) is 13.4. The smallest absolute Gasteiger partial charge is 0.220 e. The molecule has 0 aliphatic carbocycles. The number of allylic oxidation sites excluding steroid dienone is 20. The molecule has 2 aliphatic rings. The first-order valence-corrected chi connectivity index (χ1v) is 39.8. The number of rotatable bonds is 65. The summed E-state index contributed by atoms with van der Waals surface area (Å²) in [6, 6.07) is -0.844. The highest BCUT2D eigenvalue weighted by molar-refractivity contribution is 5.76. The van der Waals surface area contributed by atoms with E-state index in [2.05, 4.69) is 141 Å². The van der Waals surface area contributed by atoms with E-state index < -0.39 is 86.8 Å². The lowest BCUT2D eigenvalue weighted by atomic mass is 9.97. The summed E-state index contributed by atoms with van der Waals surface area (Å²) in [5, 5.41) is 87.8. The Bertz CT molecular complexity index is 2110. The van der Waals surface area contributed by atoms with Gasteiger partial charge in [0.05, 0.1) is 32.0 Å². The van der Waals surface area contributed by atoms with E-state index in [1.54, 1.807) is 0 Å². The molecule has 12 unspecified atom stereocenters. The van der Waals surface area contributed by atoms with Crippen molar-refractivity contribution in [3.63, 3.8) is 0 Å². The number of ether oxygens (including phenoxy) is 4. The summed E-state index contributed by atoms with van der Waals surface area (Å²) in [5.41, 5.74) is 0. The van der Waals surface area contributed by atoms with Crippen LogP contribution in [0.3, 0.4) is 0 Å². The zero-order valence-corrected chi connectivity index (χ0v) is 61.7. The van der Waals surface area contributed by atoms with Crippen LogP contribution in [0.1, 0.15) is 309 Å². The Morgan fingerprint density at radius 2 is 0.704 bits per heavy atom. The molecule has 14 nitrogen and oxygen atoms in total. The lowest BCUT2D eigenvalue weighted by molar-refractivity contribution is -0.359. The van der Waals surface area contributed by atoms with Gasteiger partial charge in [0.2, 0.25) is 5.91 Å². The van der Waals surface area contributed by atoms with E-state index >= 15 is 0 Å². The number of carbonyl (C=O) groups is 1. The molecule has 0 saturated carbocycles. The summed E-state index contributed by atoms with van der Waals surface area (Å²) in [7, 11) is 0. The highest BCUT2D eigenvalue weighted by Gasteiger charge is 2.51. The van der Waals surface area contributed by atoms with Gasteiger partial charge in [-0.05, 0) is 89.9 Å². The second-order valence-electron chi connectivity index (χ2n) is 27.5. The normalized spacial score (nSPS) is 22.7. The van der Waals surface area contributed by atoms with E-state index in [4.69, 9.17) is 18.9 Å². The average Bonchev–Trinajstić information content (AvgIpc) is 0.793. The van der Waals surface area contributed by atoms with Crippen LogP contribution in [-0.4, -0.2) is 140 Å². The van der Waals surface area contributed by atoms with Crippen molar-refractivity contribution in [1.29, 1.82) is 0 Å². The van der Waals surface area contributed by atoms with Gasteiger partial charge in [-0.3, -0.25) is 4.79 Å². The third-order valence-electron chi connectivity index (χ3n) is 18.7. The summed E-state index contributed by atoms with van der Waals surface area (Å²) in [6.07, 6.45) is 80.8. The van der Waals surface area contributed by atoms with E-state index in [9.17, 15) is 45.6 Å². The van der Waals surface area contributed by atoms with Crippen molar-refractivity contribution in [2.45, 2.75) is 383 Å². The molecule has 98 heavy (non-hydrogen) atoms. The molecule has 2 fully saturated rings. The first kappa shape index (κ1) is 90.5. The third kappa shape index (κ3) is 49.1. The molecule has 9 N–H and O–H groups in total. The lowest BCUT2D eigenvalue weighted by Crippen LogP contribution is -2.65. The van der Waals surface area contributed by atoms with Crippen LogP contribution in [0.15, 0.2) is 122 Å². The van der Waals surface area contributed by atoms with Gasteiger partial charge in [-0.1, -0.05) is 334 Å². The van der Waals surface area contributed by atoms with Gasteiger partial charge in [0, 0.05) is 6.42 Å². The number of hydrogen-bond donors (Lipinski definition) is 9. The number of aliphatic hydroxyl groups is 8. The zero-order chi connectivity index (χ0) is 70.8. The SMILES string of the molecule is CC/C=C\C/C=C\C/C=C\C/C=C\C/C=C\C/C=C\C/C=C\C/C=C\C/C=C\C/C=C\CCCCCCCCCCC(=O)NC(COC1OC(CO)C(OC2OC(CO)C(O)C(O)C2O)C(O)C1O)C(O)CCCCCCCCCCCCCCCCCCCCCCCCCCC. The first-order chi connectivity index (χ1) is 48.1. The molecular weight excluding hydrogens is 1230 g/mol. The van der Waals surface area contributed by atoms with Crippen molar-refractivity contribution in [3.05, 3.63) is 122 Å². The van der Waals surface area contributed by atoms with E-state index in [1.807, 2.05) is 0 Å². The molecule has 2 aliphatic heterocycles. The van der Waals surface area contributed by atoms with Crippen LogP contribution in [0.2, 0.25) is 0 Å². The highest BCUT2D eigenvalue weighted by atomic mass is 16.7. The van der Waals surface area contributed by atoms with Gasteiger partial charge in [0.15, 0.2) is 12.6 Å². The molecule has 14 heteroatoms. The van der Waals surface area contributed by atoms with Crippen LogP contribution in [0.5, 0.6) is 0 Å². The Morgan fingerprint density at radius 1 is 0.378 bits per heavy atom. The number of carbonyl (C=O) groups excluding carboxylic acids is 1. The van der Waals surface area contributed by atoms with Crippen molar-refractivity contribution < 1.29 is 64.6 Å². The molecule has 2 saturated heterocycles. The largest absolute Gasteiger partial charge is 0.394 e. The Morgan fingerprint density at radius 3 is 1.08 bits per heavy atom. The topological polar surface area (TPSA) is 228 Å². The summed E-state index contributed by atoms with van der Waals surface area (Å²) in [5.74, 6) is -0.216. The van der Waals surface area contributed by atoms with Crippen LogP contribution in [0.25, 0.3) is 0 Å². The van der Waals surface area contributed by atoms with Gasteiger partial charge in [0.1, 0.15) is 48.8 Å². The Kier molecular flexibility index (Phi) is 61.5. The minimum Gasteiger partial charge on any atom is -0.394 e. The quantitative estimate of drug-likeness (QED) is 0.0204. The number of nitrogens with one attached hydrogen (secondary N) is 1. The average molecular weight is 1380 g/mol. The van der Waals surface area contributed by atoms with Crippen LogP contribution in [-0.2, 0) is 23.7 Å². The maximum atomic E-state index is 13.4. The molecule has 0 aromatic carbocycles. The van der Waals surface area contributed by atoms with Gasteiger partial charge >= 0.3 is 0 Å². The second kappa shape index (κ2) is 66.6. The van der Waals surface area contributed by atoms with Crippen molar-refractivity contribution in [3.8, 4) is 0 Å². The molecule has 564 valence electrons. The Labute approximate surface area is 597 Å².